The van der Waals surface area contributed by atoms with Crippen LogP contribution in [0.2, 0.25) is 0 Å². The molecule has 0 saturated carbocycles. The lowest BCUT2D eigenvalue weighted by Crippen LogP contribution is -2.66. The molecule has 0 spiro atoms. The first-order valence-corrected chi connectivity index (χ1v) is 56.1. The Morgan fingerprint density at radius 3 is 0.953 bits per heavy atom. The van der Waals surface area contributed by atoms with E-state index < -0.39 is 184 Å². The van der Waals surface area contributed by atoms with Gasteiger partial charge in [0.15, 0.2) is 55.5 Å². The van der Waals surface area contributed by atoms with Crippen molar-refractivity contribution in [3.8, 4) is 0 Å². The number of hydrogen-bond acceptors (Lipinski definition) is 36. The van der Waals surface area contributed by atoms with Crippen LogP contribution in [0.25, 0.3) is 0 Å². The van der Waals surface area contributed by atoms with Crippen molar-refractivity contribution in [2.45, 2.75) is 490 Å². The molecule has 3 heterocycles. The van der Waals surface area contributed by atoms with Crippen molar-refractivity contribution >= 4 is 110 Å². The van der Waals surface area contributed by atoms with E-state index in [-0.39, 0.29) is 88.0 Å². The Balaban J connectivity index is 1.66. The quantitative estimate of drug-likeness (QED) is 0.00921. The van der Waals surface area contributed by atoms with Crippen molar-refractivity contribution in [1.82, 2.24) is 47.2 Å². The van der Waals surface area contributed by atoms with Gasteiger partial charge in [0.1, 0.15) is 62.3 Å². The van der Waals surface area contributed by atoms with Crippen molar-refractivity contribution in [3.63, 3.8) is 0 Å². The molecule has 150 heavy (non-hydrogen) atoms. The molecule has 0 aromatic carbocycles. The van der Waals surface area contributed by atoms with Gasteiger partial charge in [0.2, 0.25) is 41.4 Å². The number of hydrogen-bond donors (Lipinski definition) is 8. The van der Waals surface area contributed by atoms with Gasteiger partial charge in [0.25, 0.3) is 8.53 Å². The standard InChI is InChI=1S/C106H185N10O33P/c1-18-108-93-99(144-82(14)125)96(141-79(11)122)87(69-136-76(8)119)147-104(93)133-64-50-38-31-25-19-22-28-34-42-57-90(128)109-61-48-45-55-85(102(131)111-63-47-37-41-53-67-139-150(140-68-54-60-107-17)116(72(2)3)73(4)5)115-103(132)86(114-92(130)59-44-36-30-24-21-27-33-40-52-66-135-106-95(113-75(7)118)101(146-84(16)127)98(143-81(13)124)89(149-106)71-138-78(10)121)56-46-49-62-110-91(129)58-43-35-29-23-20-26-32-39-51-65-134-105-94(112-74(6)117)100(145-83(15)126)97(142-80(12)123)88(148-105)70-137-77(9)120/h60,72-73,85-89,93-101,104-106,108H,18-59,61-71H2,1-17H3,(H,109,128)(H,110,129)(H,111,131)(H,112,117)(H,113,118)(H,114,130)(H,115,132). The summed E-state index contributed by atoms with van der Waals surface area (Å²) in [7, 11) is 0.429. The molecule has 18 unspecified atom stereocenters. The highest BCUT2D eigenvalue weighted by Crippen LogP contribution is 2.46. The summed E-state index contributed by atoms with van der Waals surface area (Å²) in [6.45, 7) is 26.2. The lowest BCUT2D eigenvalue weighted by atomic mass is 9.96. The Bertz CT molecular complexity index is 3920. The largest absolute Gasteiger partial charge is 0.463 e. The van der Waals surface area contributed by atoms with Gasteiger partial charge in [-0.05, 0) is 124 Å². The number of unbranched alkanes of at least 4 members (excludes halogenated alkanes) is 29. The summed E-state index contributed by atoms with van der Waals surface area (Å²) >= 11 is 0. The van der Waals surface area contributed by atoms with E-state index in [4.69, 9.17) is 80.1 Å². The molecule has 3 aliphatic heterocycles. The van der Waals surface area contributed by atoms with Gasteiger partial charge >= 0.3 is 53.7 Å². The molecule has 0 aliphatic carbocycles. The van der Waals surface area contributed by atoms with Crippen molar-refractivity contribution in [3.05, 3.63) is 0 Å². The molecule has 8 N–H and O–H groups in total. The second-order valence-electron chi connectivity index (χ2n) is 39.2. The van der Waals surface area contributed by atoms with E-state index in [0.717, 1.165) is 167 Å². The third-order valence-electron chi connectivity index (χ3n) is 25.0. The average Bonchev–Trinajstić information content (AvgIpc) is 0.790. The summed E-state index contributed by atoms with van der Waals surface area (Å²) in [6.07, 6.45) is 19.1. The van der Waals surface area contributed by atoms with E-state index in [0.29, 0.717) is 123 Å². The molecule has 7 amide bonds. The molecule has 0 radical (unpaired) electrons. The van der Waals surface area contributed by atoms with Crippen molar-refractivity contribution < 1.29 is 157 Å². The second-order valence-corrected chi connectivity index (χ2v) is 40.7. The van der Waals surface area contributed by atoms with Gasteiger partial charge in [0, 0.05) is 167 Å². The Labute approximate surface area is 890 Å². The molecule has 3 aliphatic rings. The number of amides is 7. The SMILES string of the molecule is CCNC1C(OCCCCCCCCCCCC(=O)NCCCCC(NC(=O)C(CCCCNC(=O)CCCCCCCCCCCOC2OC(COC(C)=O)C(OC(C)=O)C(OC(C)=O)C2NC(C)=O)NC(=O)CCCCCCCCCCCOC2OC(COC(C)=O)C(OC(C)=O)C(OC(C)=O)C2NC(C)=O)C(=O)NCCCCCCOP(OCCC=NC)N(C(C)C)C(C)C)OC(COC(C)=O)C(OC(C)=O)C1OC(C)=O. The van der Waals surface area contributed by atoms with Crippen LogP contribution in [0.15, 0.2) is 4.99 Å². The molecule has 0 bridgehead atoms. The van der Waals surface area contributed by atoms with Crippen molar-refractivity contribution in [2.24, 2.45) is 4.99 Å². The number of ether oxygens (including phenoxy) is 15. The maximum absolute atomic E-state index is 14.7. The number of carbonyl (C=O) groups excluding carboxylic acids is 16. The monoisotopic (exact) mass is 2160 g/mol. The normalized spacial score (nSPS) is 21.2. The van der Waals surface area contributed by atoms with Gasteiger partial charge in [-0.15, -0.1) is 0 Å². The number of likely N-dealkylation sites (N-methyl/N-ethyl adjacent to an activating group) is 1. The number of carbonyl (C=O) groups is 16. The van der Waals surface area contributed by atoms with Crippen LogP contribution < -0.4 is 42.5 Å². The van der Waals surface area contributed by atoms with E-state index in [9.17, 15) is 76.7 Å². The van der Waals surface area contributed by atoms with Crippen LogP contribution in [0.1, 0.15) is 374 Å². The van der Waals surface area contributed by atoms with Gasteiger partial charge in [0.05, 0.1) is 19.3 Å². The number of aliphatic imine (C=N–C) groups is 1. The Kier molecular flexibility index (Phi) is 73.9. The minimum absolute atomic E-state index is 0.0694. The predicted octanol–water partition coefficient (Wildman–Crippen LogP) is 11.9. The summed E-state index contributed by atoms with van der Waals surface area (Å²) in [4.78, 5) is 207. The van der Waals surface area contributed by atoms with Crippen molar-refractivity contribution in [2.75, 3.05) is 86.1 Å². The molecule has 862 valence electrons. The predicted molar refractivity (Wildman–Crippen MR) is 557 cm³/mol. The Morgan fingerprint density at radius 2 is 0.620 bits per heavy atom. The van der Waals surface area contributed by atoms with E-state index in [1.54, 1.807) is 7.05 Å². The zero-order valence-electron chi connectivity index (χ0n) is 92.8. The van der Waals surface area contributed by atoms with E-state index in [1.165, 1.54) is 76.2 Å². The third-order valence-corrected chi connectivity index (χ3v) is 27.1. The maximum Gasteiger partial charge on any atom is 0.303 e. The van der Waals surface area contributed by atoms with Crippen LogP contribution in [0, 0.1) is 0 Å². The molecule has 3 saturated heterocycles. The summed E-state index contributed by atoms with van der Waals surface area (Å²) in [6, 6.07) is -4.36. The average molecular weight is 2160 g/mol. The first-order chi connectivity index (χ1) is 71.8. The van der Waals surface area contributed by atoms with Crippen LogP contribution >= 0.6 is 8.53 Å². The number of nitrogens with zero attached hydrogens (tertiary/aromatic N) is 2. The highest BCUT2D eigenvalue weighted by Gasteiger charge is 2.55. The zero-order chi connectivity index (χ0) is 111. The van der Waals surface area contributed by atoms with Crippen LogP contribution in [0.3, 0.4) is 0 Å². The number of rotatable bonds is 84. The lowest BCUT2D eigenvalue weighted by Gasteiger charge is -2.45. The molecule has 0 aromatic heterocycles. The number of esters is 9. The minimum Gasteiger partial charge on any atom is -0.463 e. The van der Waals surface area contributed by atoms with Crippen LogP contribution in [0.4, 0.5) is 0 Å². The van der Waals surface area contributed by atoms with E-state index in [1.807, 2.05) is 13.1 Å². The third kappa shape index (κ3) is 61.9. The first-order valence-electron chi connectivity index (χ1n) is 54.9. The summed E-state index contributed by atoms with van der Waals surface area (Å²) in [5.74, 6) is -8.11. The van der Waals surface area contributed by atoms with Gasteiger partial charge in [-0.1, -0.05) is 155 Å². The molecule has 43 nitrogen and oxygen atoms in total. The first kappa shape index (κ1) is 135. The molecule has 44 heteroatoms. The molecule has 3 rings (SSSR count). The van der Waals surface area contributed by atoms with E-state index >= 15 is 0 Å². The smallest absolute Gasteiger partial charge is 0.303 e. The molecular weight excluding hydrogens is 1970 g/mol. The second kappa shape index (κ2) is 81.9. The molecule has 3 fully saturated rings. The molecule has 18 atom stereocenters. The topological polar surface area (TPSA) is 542 Å². The summed E-state index contributed by atoms with van der Waals surface area (Å²) < 4.78 is 101. The highest BCUT2D eigenvalue weighted by molar-refractivity contribution is 7.44. The summed E-state index contributed by atoms with van der Waals surface area (Å²) in [5, 5.41) is 23.9. The van der Waals surface area contributed by atoms with Crippen LogP contribution in [0.5, 0.6) is 0 Å². The zero-order valence-corrected chi connectivity index (χ0v) is 93.7. The van der Waals surface area contributed by atoms with E-state index in [2.05, 4.69) is 79.9 Å². The highest BCUT2D eigenvalue weighted by atomic mass is 31.2. The Morgan fingerprint density at radius 1 is 0.327 bits per heavy atom. The van der Waals surface area contributed by atoms with Gasteiger partial charge < -0.3 is 128 Å². The Hall–Kier alpha value is -8.78. The fourth-order valence-electron chi connectivity index (χ4n) is 18.0. The van der Waals surface area contributed by atoms with Crippen LogP contribution in [-0.2, 0) is 157 Å². The minimum atomic E-state index is -1.31. The fraction of sp³-hybridized carbons (Fsp3) is 0.840. The van der Waals surface area contributed by atoms with Crippen molar-refractivity contribution in [1.29, 1.82) is 0 Å². The van der Waals surface area contributed by atoms with Crippen LogP contribution in [-0.4, -0.2) is 308 Å². The van der Waals surface area contributed by atoms with Gasteiger partial charge in [-0.25, -0.2) is 4.67 Å². The number of nitrogens with one attached hydrogen (secondary N) is 8. The molecule has 0 aromatic rings. The summed E-state index contributed by atoms with van der Waals surface area (Å²) in [5.41, 5.74) is 0. The van der Waals surface area contributed by atoms with Gasteiger partial charge in [-0.2, -0.15) is 0 Å². The maximum atomic E-state index is 14.7. The lowest BCUT2D eigenvalue weighted by molar-refractivity contribution is -0.278. The molecular formula is C106H185N10O33P. The van der Waals surface area contributed by atoms with Gasteiger partial charge in [-0.3, -0.25) is 76.7 Å². The fourth-order valence-corrected chi connectivity index (χ4v) is 19.6.